The van der Waals surface area contributed by atoms with Gasteiger partial charge >= 0.3 is 6.18 Å². The third-order valence-corrected chi connectivity index (χ3v) is 2.88. The molecule has 1 saturated heterocycles. The highest BCUT2D eigenvalue weighted by atomic mass is 19.4. The van der Waals surface area contributed by atoms with Gasteiger partial charge in [-0.2, -0.15) is 13.2 Å². The molecule has 1 rings (SSSR count). The topological polar surface area (TPSA) is 29.5 Å². The van der Waals surface area contributed by atoms with Crippen LogP contribution in [0.4, 0.5) is 13.2 Å². The van der Waals surface area contributed by atoms with Crippen LogP contribution < -0.4 is 0 Å². The van der Waals surface area contributed by atoms with Crippen LogP contribution in [-0.2, 0) is 4.74 Å². The van der Waals surface area contributed by atoms with E-state index in [4.69, 9.17) is 4.74 Å². The van der Waals surface area contributed by atoms with E-state index < -0.39 is 18.7 Å². The first kappa shape index (κ1) is 12.8. The molecule has 0 aliphatic carbocycles. The van der Waals surface area contributed by atoms with Crippen molar-refractivity contribution in [2.75, 3.05) is 6.61 Å². The molecule has 1 fully saturated rings. The fourth-order valence-electron chi connectivity index (χ4n) is 2.05. The third kappa shape index (κ3) is 3.99. The van der Waals surface area contributed by atoms with Crippen LogP contribution in [-0.4, -0.2) is 30.1 Å². The average molecular weight is 226 g/mol. The van der Waals surface area contributed by atoms with E-state index in [0.29, 0.717) is 13.0 Å². The minimum absolute atomic E-state index is 0.0757. The lowest BCUT2D eigenvalue weighted by Gasteiger charge is -2.23. The molecule has 0 aromatic carbocycles. The van der Waals surface area contributed by atoms with Crippen LogP contribution in [0.25, 0.3) is 0 Å². The second-order valence-corrected chi connectivity index (χ2v) is 3.99. The fourth-order valence-corrected chi connectivity index (χ4v) is 2.05. The molecule has 0 aromatic rings. The largest absolute Gasteiger partial charge is 0.393 e. The van der Waals surface area contributed by atoms with Gasteiger partial charge in [-0.3, -0.25) is 0 Å². The summed E-state index contributed by atoms with van der Waals surface area (Å²) in [5.41, 5.74) is 0. The zero-order valence-corrected chi connectivity index (χ0v) is 8.76. The van der Waals surface area contributed by atoms with Crippen LogP contribution in [0, 0.1) is 5.92 Å². The number of rotatable bonds is 4. The summed E-state index contributed by atoms with van der Waals surface area (Å²) in [6, 6.07) is 0. The Morgan fingerprint density at radius 2 is 2.13 bits per heavy atom. The number of aliphatic hydroxyl groups excluding tert-OH is 1. The number of hydrogen-bond donors (Lipinski definition) is 1. The molecule has 15 heavy (non-hydrogen) atoms. The molecule has 0 aromatic heterocycles. The van der Waals surface area contributed by atoms with E-state index >= 15 is 0 Å². The standard InChI is InChI=1S/C10H17F3O2/c1-2-9-7(4-6-15-9)8(14)3-5-10(11,12)13/h7-9,14H,2-6H2,1H3. The summed E-state index contributed by atoms with van der Waals surface area (Å²) in [6.07, 6.45) is -4.87. The smallest absolute Gasteiger partial charge is 0.389 e. The monoisotopic (exact) mass is 226 g/mol. The van der Waals surface area contributed by atoms with E-state index in [2.05, 4.69) is 0 Å². The Kier molecular flexibility index (Phi) is 4.40. The molecule has 1 aliphatic heterocycles. The molecule has 0 bridgehead atoms. The van der Waals surface area contributed by atoms with E-state index in [0.717, 1.165) is 6.42 Å². The van der Waals surface area contributed by atoms with Crippen molar-refractivity contribution in [3.63, 3.8) is 0 Å². The second-order valence-electron chi connectivity index (χ2n) is 3.99. The van der Waals surface area contributed by atoms with Gasteiger partial charge in [0, 0.05) is 18.9 Å². The summed E-state index contributed by atoms with van der Waals surface area (Å²) in [7, 11) is 0. The lowest BCUT2D eigenvalue weighted by Crippen LogP contribution is -2.29. The molecule has 1 N–H and O–H groups in total. The Balaban J connectivity index is 2.36. The predicted octanol–water partition coefficient (Wildman–Crippen LogP) is 2.50. The maximum Gasteiger partial charge on any atom is 0.389 e. The first-order valence-corrected chi connectivity index (χ1v) is 5.30. The zero-order valence-electron chi connectivity index (χ0n) is 8.76. The van der Waals surface area contributed by atoms with Crippen molar-refractivity contribution in [2.45, 2.75) is 51.0 Å². The number of halogens is 3. The van der Waals surface area contributed by atoms with E-state index in [9.17, 15) is 18.3 Å². The Morgan fingerprint density at radius 3 is 2.67 bits per heavy atom. The number of ether oxygens (including phenoxy) is 1. The van der Waals surface area contributed by atoms with E-state index in [1.807, 2.05) is 6.92 Å². The van der Waals surface area contributed by atoms with E-state index in [1.54, 1.807) is 0 Å². The van der Waals surface area contributed by atoms with E-state index in [-0.39, 0.29) is 18.4 Å². The van der Waals surface area contributed by atoms with Gasteiger partial charge in [-0.1, -0.05) is 6.92 Å². The molecule has 1 aliphatic rings. The van der Waals surface area contributed by atoms with Crippen LogP contribution in [0.2, 0.25) is 0 Å². The SMILES string of the molecule is CCC1OCCC1C(O)CCC(F)(F)F. The minimum atomic E-state index is -4.18. The molecule has 5 heteroatoms. The van der Waals surface area contributed by atoms with Crippen molar-refractivity contribution in [1.29, 1.82) is 0 Å². The Labute approximate surface area is 87.4 Å². The van der Waals surface area contributed by atoms with Gasteiger partial charge in [0.15, 0.2) is 0 Å². The van der Waals surface area contributed by atoms with Crippen LogP contribution in [0.5, 0.6) is 0 Å². The third-order valence-electron chi connectivity index (χ3n) is 2.88. The first-order valence-electron chi connectivity index (χ1n) is 5.30. The zero-order chi connectivity index (χ0) is 11.5. The molecular formula is C10H17F3O2. The van der Waals surface area contributed by atoms with Gasteiger partial charge in [-0.05, 0) is 19.3 Å². The Hall–Kier alpha value is -0.290. The van der Waals surface area contributed by atoms with Gasteiger partial charge in [0.2, 0.25) is 0 Å². The maximum atomic E-state index is 11.9. The van der Waals surface area contributed by atoms with Gasteiger partial charge in [-0.15, -0.1) is 0 Å². The second kappa shape index (κ2) is 5.16. The lowest BCUT2D eigenvalue weighted by atomic mass is 9.91. The van der Waals surface area contributed by atoms with Crippen molar-refractivity contribution >= 4 is 0 Å². The van der Waals surface area contributed by atoms with Crippen LogP contribution >= 0.6 is 0 Å². The van der Waals surface area contributed by atoms with Gasteiger partial charge in [0.25, 0.3) is 0 Å². The fraction of sp³-hybridized carbons (Fsp3) is 1.00. The Morgan fingerprint density at radius 1 is 1.47 bits per heavy atom. The van der Waals surface area contributed by atoms with Crippen molar-refractivity contribution in [1.82, 2.24) is 0 Å². The van der Waals surface area contributed by atoms with Gasteiger partial charge in [-0.25, -0.2) is 0 Å². The summed E-state index contributed by atoms with van der Waals surface area (Å²) >= 11 is 0. The van der Waals surface area contributed by atoms with Crippen molar-refractivity contribution < 1.29 is 23.0 Å². The maximum absolute atomic E-state index is 11.9. The molecule has 0 spiro atoms. The van der Waals surface area contributed by atoms with Crippen molar-refractivity contribution in [3.8, 4) is 0 Å². The van der Waals surface area contributed by atoms with Crippen LogP contribution in [0.3, 0.4) is 0 Å². The Bertz CT molecular complexity index is 194. The van der Waals surface area contributed by atoms with Gasteiger partial charge in [0.1, 0.15) is 0 Å². The number of alkyl halides is 3. The highest BCUT2D eigenvalue weighted by Crippen LogP contribution is 2.31. The molecule has 90 valence electrons. The van der Waals surface area contributed by atoms with Gasteiger partial charge < -0.3 is 9.84 Å². The molecule has 1 heterocycles. The molecule has 0 amide bonds. The van der Waals surface area contributed by atoms with Gasteiger partial charge in [0.05, 0.1) is 12.2 Å². The summed E-state index contributed by atoms with van der Waals surface area (Å²) in [5.74, 6) is -0.127. The van der Waals surface area contributed by atoms with Crippen molar-refractivity contribution in [2.24, 2.45) is 5.92 Å². The average Bonchev–Trinajstić information content (AvgIpc) is 2.60. The quantitative estimate of drug-likeness (QED) is 0.798. The summed E-state index contributed by atoms with van der Waals surface area (Å²) in [6.45, 7) is 2.46. The molecular weight excluding hydrogens is 209 g/mol. The normalized spacial score (nSPS) is 29.4. The molecule has 2 nitrogen and oxygen atoms in total. The highest BCUT2D eigenvalue weighted by molar-refractivity contribution is 4.81. The summed E-state index contributed by atoms with van der Waals surface area (Å²) < 4.78 is 41.1. The molecule has 0 saturated carbocycles. The van der Waals surface area contributed by atoms with Crippen LogP contribution in [0.15, 0.2) is 0 Å². The molecule has 0 radical (unpaired) electrons. The van der Waals surface area contributed by atoms with E-state index in [1.165, 1.54) is 0 Å². The summed E-state index contributed by atoms with van der Waals surface area (Å²) in [4.78, 5) is 0. The minimum Gasteiger partial charge on any atom is -0.393 e. The number of aliphatic hydroxyl groups is 1. The highest BCUT2D eigenvalue weighted by Gasteiger charge is 2.35. The summed E-state index contributed by atoms with van der Waals surface area (Å²) in [5, 5.41) is 9.63. The molecule has 3 atom stereocenters. The van der Waals surface area contributed by atoms with Crippen LogP contribution in [0.1, 0.15) is 32.6 Å². The van der Waals surface area contributed by atoms with Crippen molar-refractivity contribution in [3.05, 3.63) is 0 Å². The lowest BCUT2D eigenvalue weighted by molar-refractivity contribution is -0.142. The first-order chi connectivity index (χ1) is 6.94. The molecule has 3 unspecified atom stereocenters. The number of hydrogen-bond acceptors (Lipinski definition) is 2. The predicted molar refractivity (Wildman–Crippen MR) is 49.4 cm³/mol.